The van der Waals surface area contributed by atoms with Gasteiger partial charge in [-0.1, -0.05) is 12.1 Å². The smallest absolute Gasteiger partial charge is 0.337 e. The van der Waals surface area contributed by atoms with Gasteiger partial charge in [-0.25, -0.2) is 4.79 Å². The van der Waals surface area contributed by atoms with E-state index in [4.69, 9.17) is 9.84 Å². The van der Waals surface area contributed by atoms with Gasteiger partial charge in [-0.2, -0.15) is 0 Å². The van der Waals surface area contributed by atoms with Gasteiger partial charge < -0.3 is 14.4 Å². The summed E-state index contributed by atoms with van der Waals surface area (Å²) in [7, 11) is 1.58. The maximum absolute atomic E-state index is 11.9. The Hall–Kier alpha value is -2.56. The van der Waals surface area contributed by atoms with E-state index >= 15 is 0 Å². The van der Waals surface area contributed by atoms with Crippen molar-refractivity contribution in [2.24, 2.45) is 0 Å². The van der Waals surface area contributed by atoms with Crippen LogP contribution in [0.2, 0.25) is 0 Å². The van der Waals surface area contributed by atoms with Crippen LogP contribution in [0.4, 0.5) is 0 Å². The summed E-state index contributed by atoms with van der Waals surface area (Å²) in [4.78, 5) is 22.9. The Morgan fingerprint density at radius 2 is 1.85 bits per heavy atom. The van der Waals surface area contributed by atoms with Crippen molar-refractivity contribution in [3.05, 3.63) is 64.1 Å². The third kappa shape index (κ3) is 2.71. The van der Waals surface area contributed by atoms with Gasteiger partial charge in [0.1, 0.15) is 5.75 Å². The van der Waals surface area contributed by atoms with Crippen molar-refractivity contribution in [2.45, 2.75) is 13.0 Å². The van der Waals surface area contributed by atoms with Crippen molar-refractivity contribution in [1.29, 1.82) is 0 Å². The molecular formula is C15H15NO4. The van der Waals surface area contributed by atoms with E-state index in [0.717, 1.165) is 11.3 Å². The fourth-order valence-corrected chi connectivity index (χ4v) is 1.98. The Morgan fingerprint density at radius 1 is 1.20 bits per heavy atom. The number of benzene rings is 1. The van der Waals surface area contributed by atoms with Crippen LogP contribution in [0.25, 0.3) is 0 Å². The Labute approximate surface area is 116 Å². The summed E-state index contributed by atoms with van der Waals surface area (Å²) >= 11 is 0. The number of hydrogen-bond acceptors (Lipinski definition) is 3. The molecule has 0 radical (unpaired) electrons. The van der Waals surface area contributed by atoms with Crippen LogP contribution in [0, 0.1) is 0 Å². The normalized spacial score (nSPS) is 11.9. The van der Waals surface area contributed by atoms with Gasteiger partial charge in [-0.15, -0.1) is 0 Å². The molecule has 1 atom stereocenters. The molecule has 5 nitrogen and oxygen atoms in total. The summed E-state index contributed by atoms with van der Waals surface area (Å²) in [5.74, 6) is -0.326. The summed E-state index contributed by atoms with van der Waals surface area (Å²) < 4.78 is 6.49. The number of aromatic nitrogens is 1. The molecule has 0 bridgehead atoms. The molecule has 0 fully saturated rings. The van der Waals surface area contributed by atoms with Crippen LogP contribution in [0.15, 0.2) is 47.4 Å². The number of ether oxygens (including phenoxy) is 1. The van der Waals surface area contributed by atoms with E-state index in [0.29, 0.717) is 0 Å². The zero-order valence-corrected chi connectivity index (χ0v) is 11.2. The molecule has 1 N–H and O–H groups in total. The van der Waals surface area contributed by atoms with Gasteiger partial charge >= 0.3 is 5.97 Å². The van der Waals surface area contributed by atoms with Crippen LogP contribution in [-0.4, -0.2) is 22.8 Å². The lowest BCUT2D eigenvalue weighted by Crippen LogP contribution is -2.23. The van der Waals surface area contributed by atoms with E-state index < -0.39 is 5.97 Å². The van der Waals surface area contributed by atoms with Crippen molar-refractivity contribution in [2.75, 3.05) is 7.11 Å². The third-order valence-corrected chi connectivity index (χ3v) is 3.20. The number of carboxylic acid groups (broad SMARTS) is 1. The molecule has 0 saturated carbocycles. The number of carboxylic acids is 1. The number of hydrogen-bond donors (Lipinski definition) is 1. The molecule has 2 rings (SSSR count). The molecule has 0 aliphatic rings. The van der Waals surface area contributed by atoms with Crippen LogP contribution >= 0.6 is 0 Å². The number of rotatable bonds is 4. The molecular weight excluding hydrogens is 258 g/mol. The molecule has 1 heterocycles. The number of carbonyl (C=O) groups is 1. The second kappa shape index (κ2) is 5.61. The fourth-order valence-electron chi connectivity index (χ4n) is 1.98. The molecule has 20 heavy (non-hydrogen) atoms. The highest BCUT2D eigenvalue weighted by Crippen LogP contribution is 2.20. The quantitative estimate of drug-likeness (QED) is 0.926. The lowest BCUT2D eigenvalue weighted by atomic mass is 10.1. The van der Waals surface area contributed by atoms with Crippen LogP contribution in [-0.2, 0) is 0 Å². The van der Waals surface area contributed by atoms with Gasteiger partial charge in [0, 0.05) is 12.3 Å². The first-order valence-corrected chi connectivity index (χ1v) is 6.12. The van der Waals surface area contributed by atoms with E-state index in [9.17, 15) is 9.59 Å². The van der Waals surface area contributed by atoms with Crippen molar-refractivity contribution in [1.82, 2.24) is 4.57 Å². The van der Waals surface area contributed by atoms with Crippen molar-refractivity contribution in [3.63, 3.8) is 0 Å². The van der Waals surface area contributed by atoms with Gasteiger partial charge in [-0.3, -0.25) is 4.79 Å². The number of pyridine rings is 1. The maximum Gasteiger partial charge on any atom is 0.337 e. The van der Waals surface area contributed by atoms with Crippen molar-refractivity contribution >= 4 is 5.97 Å². The summed E-state index contributed by atoms with van der Waals surface area (Å²) in [5, 5.41) is 8.99. The minimum Gasteiger partial charge on any atom is -0.497 e. The minimum absolute atomic E-state index is 0.0879. The lowest BCUT2D eigenvalue weighted by Gasteiger charge is -2.16. The zero-order chi connectivity index (χ0) is 14.7. The second-order valence-corrected chi connectivity index (χ2v) is 4.42. The Balaban J connectivity index is 2.41. The van der Waals surface area contributed by atoms with Crippen LogP contribution in [0.5, 0.6) is 5.75 Å². The van der Waals surface area contributed by atoms with E-state index in [1.165, 1.54) is 22.9 Å². The Morgan fingerprint density at radius 3 is 2.40 bits per heavy atom. The topological polar surface area (TPSA) is 68.5 Å². The molecule has 104 valence electrons. The summed E-state index contributed by atoms with van der Waals surface area (Å²) in [6, 6.07) is 9.63. The van der Waals surface area contributed by atoms with Gasteiger partial charge in [0.15, 0.2) is 0 Å². The molecule has 0 amide bonds. The molecule has 1 aromatic heterocycles. The molecule has 0 aliphatic carbocycles. The average molecular weight is 273 g/mol. The van der Waals surface area contributed by atoms with Gasteiger partial charge in [0.25, 0.3) is 5.56 Å². The summed E-state index contributed by atoms with van der Waals surface area (Å²) in [5.41, 5.74) is 0.749. The predicted molar refractivity (Wildman–Crippen MR) is 74.5 cm³/mol. The predicted octanol–water partition coefficient (Wildman–Crippen LogP) is 2.16. The third-order valence-electron chi connectivity index (χ3n) is 3.20. The minimum atomic E-state index is -1.05. The summed E-state index contributed by atoms with van der Waals surface area (Å²) in [6.07, 6.45) is 1.36. The highest BCUT2D eigenvalue weighted by atomic mass is 16.5. The maximum atomic E-state index is 11.9. The number of aromatic carboxylic acids is 1. The number of nitrogens with zero attached hydrogens (tertiary/aromatic N) is 1. The van der Waals surface area contributed by atoms with Crippen LogP contribution < -0.4 is 10.3 Å². The first-order chi connectivity index (χ1) is 9.52. The SMILES string of the molecule is COc1ccc(C(C)n2cc(C(=O)O)ccc2=O)cc1. The highest BCUT2D eigenvalue weighted by Gasteiger charge is 2.12. The second-order valence-electron chi connectivity index (χ2n) is 4.42. The summed E-state index contributed by atoms with van der Waals surface area (Å²) in [6.45, 7) is 1.84. The monoisotopic (exact) mass is 273 g/mol. The molecule has 2 aromatic rings. The van der Waals surface area contributed by atoms with Gasteiger partial charge in [-0.05, 0) is 30.7 Å². The van der Waals surface area contributed by atoms with E-state index in [1.807, 2.05) is 19.1 Å². The molecule has 0 saturated heterocycles. The Kier molecular flexibility index (Phi) is 3.89. The van der Waals surface area contributed by atoms with E-state index in [-0.39, 0.29) is 17.2 Å². The lowest BCUT2D eigenvalue weighted by molar-refractivity contribution is 0.0695. The standard InChI is InChI=1S/C15H15NO4/c1-10(11-3-6-13(20-2)7-4-11)16-9-12(15(18)19)5-8-14(16)17/h3-10H,1-2H3,(H,18,19). The Bertz CT molecular complexity index is 673. The molecule has 5 heteroatoms. The molecule has 0 spiro atoms. The zero-order valence-electron chi connectivity index (χ0n) is 11.2. The largest absolute Gasteiger partial charge is 0.497 e. The van der Waals surface area contributed by atoms with Gasteiger partial charge in [0.2, 0.25) is 0 Å². The fraction of sp³-hybridized carbons (Fsp3) is 0.200. The molecule has 1 aromatic carbocycles. The first-order valence-electron chi connectivity index (χ1n) is 6.12. The average Bonchev–Trinajstić information content (AvgIpc) is 2.47. The highest BCUT2D eigenvalue weighted by molar-refractivity contribution is 5.87. The van der Waals surface area contributed by atoms with Crippen molar-refractivity contribution in [3.8, 4) is 5.75 Å². The van der Waals surface area contributed by atoms with E-state index in [2.05, 4.69) is 0 Å². The van der Waals surface area contributed by atoms with Crippen LogP contribution in [0.3, 0.4) is 0 Å². The number of methoxy groups -OCH3 is 1. The molecule has 0 aliphatic heterocycles. The first kappa shape index (κ1) is 13.9. The van der Waals surface area contributed by atoms with Crippen LogP contribution in [0.1, 0.15) is 28.9 Å². The van der Waals surface area contributed by atoms with E-state index in [1.54, 1.807) is 19.2 Å². The van der Waals surface area contributed by atoms with Gasteiger partial charge in [0.05, 0.1) is 18.7 Å². The van der Waals surface area contributed by atoms with Crippen molar-refractivity contribution < 1.29 is 14.6 Å². The molecule has 1 unspecified atom stereocenters.